The second kappa shape index (κ2) is 5.63. The molecule has 16 heavy (non-hydrogen) atoms. The fourth-order valence-electron chi connectivity index (χ4n) is 2.19. The third-order valence-electron chi connectivity index (χ3n) is 2.93. The molecule has 5 nitrogen and oxygen atoms in total. The molecular formula is C10H19NO4S. The van der Waals surface area contributed by atoms with Gasteiger partial charge in [-0.3, -0.25) is 4.79 Å². The quantitative estimate of drug-likeness (QED) is 0.790. The number of carboxylic acids is 1. The Bertz CT molecular complexity index is 339. The Kier molecular flexibility index (Phi) is 4.73. The lowest BCUT2D eigenvalue weighted by Gasteiger charge is -2.33. The molecule has 1 fully saturated rings. The van der Waals surface area contributed by atoms with Crippen molar-refractivity contribution in [2.45, 2.75) is 44.6 Å². The highest BCUT2D eigenvalue weighted by Gasteiger charge is 2.28. The number of hydrogen-bond donors (Lipinski definition) is 1. The lowest BCUT2D eigenvalue weighted by Crippen LogP contribution is -2.43. The van der Waals surface area contributed by atoms with Crippen LogP contribution < -0.4 is 0 Å². The van der Waals surface area contributed by atoms with Gasteiger partial charge in [0.05, 0.1) is 6.26 Å². The molecule has 0 amide bonds. The molecular weight excluding hydrogens is 230 g/mol. The van der Waals surface area contributed by atoms with Gasteiger partial charge in [-0.15, -0.1) is 0 Å². The Morgan fingerprint density at radius 1 is 1.44 bits per heavy atom. The minimum absolute atomic E-state index is 0.00287. The summed E-state index contributed by atoms with van der Waals surface area (Å²) < 4.78 is 24.5. The molecule has 0 aromatic carbocycles. The molecule has 0 aliphatic carbocycles. The minimum Gasteiger partial charge on any atom is -0.481 e. The first-order chi connectivity index (χ1) is 7.41. The Labute approximate surface area is 96.5 Å². The van der Waals surface area contributed by atoms with Gasteiger partial charge in [0.15, 0.2) is 0 Å². The maximum atomic E-state index is 11.5. The number of nitrogens with zero attached hydrogens (tertiary/aromatic N) is 1. The molecule has 6 heteroatoms. The van der Waals surface area contributed by atoms with Crippen molar-refractivity contribution in [2.75, 3.05) is 12.8 Å². The predicted octanol–water partition coefficient (Wildman–Crippen LogP) is 1.06. The summed E-state index contributed by atoms with van der Waals surface area (Å²) in [5, 5.41) is 8.54. The van der Waals surface area contributed by atoms with E-state index in [0.29, 0.717) is 19.4 Å². The highest BCUT2D eigenvalue weighted by atomic mass is 32.2. The summed E-state index contributed by atoms with van der Waals surface area (Å²) in [5.74, 6) is -0.818. The van der Waals surface area contributed by atoms with Crippen LogP contribution in [-0.2, 0) is 14.8 Å². The van der Waals surface area contributed by atoms with Gasteiger partial charge in [-0.2, -0.15) is 4.31 Å². The van der Waals surface area contributed by atoms with Crippen LogP contribution in [0, 0.1) is 0 Å². The predicted molar refractivity (Wildman–Crippen MR) is 60.7 cm³/mol. The normalized spacial score (nSPS) is 23.2. The number of hydrogen-bond acceptors (Lipinski definition) is 3. The summed E-state index contributed by atoms with van der Waals surface area (Å²) in [6.07, 6.45) is 5.33. The summed E-state index contributed by atoms with van der Waals surface area (Å²) in [7, 11) is -3.14. The van der Waals surface area contributed by atoms with Gasteiger partial charge in [-0.1, -0.05) is 6.42 Å². The highest BCUT2D eigenvalue weighted by molar-refractivity contribution is 7.88. The Morgan fingerprint density at radius 3 is 2.69 bits per heavy atom. The van der Waals surface area contributed by atoms with Crippen molar-refractivity contribution in [2.24, 2.45) is 0 Å². The van der Waals surface area contributed by atoms with Crippen LogP contribution in [0.2, 0.25) is 0 Å². The van der Waals surface area contributed by atoms with Crippen LogP contribution in [0.15, 0.2) is 0 Å². The summed E-state index contributed by atoms with van der Waals surface area (Å²) in [6, 6.07) is 0.00287. The maximum absolute atomic E-state index is 11.5. The molecule has 94 valence electrons. The van der Waals surface area contributed by atoms with E-state index in [-0.39, 0.29) is 12.5 Å². The number of rotatable bonds is 5. The van der Waals surface area contributed by atoms with E-state index in [9.17, 15) is 13.2 Å². The zero-order valence-corrected chi connectivity index (χ0v) is 10.4. The molecule has 0 saturated carbocycles. The van der Waals surface area contributed by atoms with Crippen molar-refractivity contribution in [1.29, 1.82) is 0 Å². The second-order valence-corrected chi connectivity index (χ2v) is 6.24. The van der Waals surface area contributed by atoms with Gasteiger partial charge in [0.1, 0.15) is 0 Å². The van der Waals surface area contributed by atoms with E-state index in [0.717, 1.165) is 19.3 Å². The molecule has 0 spiro atoms. The smallest absolute Gasteiger partial charge is 0.303 e. The first kappa shape index (κ1) is 13.4. The van der Waals surface area contributed by atoms with Gasteiger partial charge in [0.25, 0.3) is 0 Å². The number of carboxylic acid groups (broad SMARTS) is 1. The fraction of sp³-hybridized carbons (Fsp3) is 0.900. The molecule has 1 heterocycles. The third kappa shape index (κ3) is 4.09. The lowest BCUT2D eigenvalue weighted by atomic mass is 10.00. The van der Waals surface area contributed by atoms with Gasteiger partial charge in [0, 0.05) is 19.0 Å². The van der Waals surface area contributed by atoms with E-state index in [2.05, 4.69) is 0 Å². The molecule has 1 atom stereocenters. The van der Waals surface area contributed by atoms with E-state index < -0.39 is 16.0 Å². The number of aliphatic carboxylic acids is 1. The van der Waals surface area contributed by atoms with Crippen molar-refractivity contribution >= 4 is 16.0 Å². The van der Waals surface area contributed by atoms with Crippen molar-refractivity contribution < 1.29 is 18.3 Å². The molecule has 1 aliphatic rings. The average molecular weight is 249 g/mol. The number of piperidine rings is 1. The second-order valence-electron chi connectivity index (χ2n) is 4.31. The van der Waals surface area contributed by atoms with E-state index in [1.54, 1.807) is 0 Å². The molecule has 0 radical (unpaired) electrons. The van der Waals surface area contributed by atoms with E-state index >= 15 is 0 Å². The Morgan fingerprint density at radius 2 is 2.12 bits per heavy atom. The van der Waals surface area contributed by atoms with Crippen LogP contribution in [-0.4, -0.2) is 42.6 Å². The zero-order chi connectivity index (χ0) is 12.2. The minimum atomic E-state index is -3.14. The lowest BCUT2D eigenvalue weighted by molar-refractivity contribution is -0.137. The summed E-state index contributed by atoms with van der Waals surface area (Å²) in [6.45, 7) is 0.580. The summed E-state index contributed by atoms with van der Waals surface area (Å²) >= 11 is 0. The van der Waals surface area contributed by atoms with Crippen LogP contribution in [0.1, 0.15) is 38.5 Å². The summed E-state index contributed by atoms with van der Waals surface area (Å²) in [4.78, 5) is 10.4. The molecule has 1 saturated heterocycles. The van der Waals surface area contributed by atoms with Crippen LogP contribution in [0.4, 0.5) is 0 Å². The SMILES string of the molecule is CS(=O)(=O)N1CCCCC1CCCC(=O)O. The van der Waals surface area contributed by atoms with Crippen molar-refractivity contribution in [3.8, 4) is 0 Å². The Balaban J connectivity index is 2.51. The van der Waals surface area contributed by atoms with E-state index in [4.69, 9.17) is 5.11 Å². The maximum Gasteiger partial charge on any atom is 0.303 e. The molecule has 0 bridgehead atoms. The average Bonchev–Trinajstić information content (AvgIpc) is 2.16. The van der Waals surface area contributed by atoms with Gasteiger partial charge in [0.2, 0.25) is 10.0 Å². The van der Waals surface area contributed by atoms with Crippen molar-refractivity contribution in [3.63, 3.8) is 0 Å². The monoisotopic (exact) mass is 249 g/mol. The molecule has 1 aliphatic heterocycles. The highest BCUT2D eigenvalue weighted by Crippen LogP contribution is 2.23. The number of sulfonamides is 1. The molecule has 1 unspecified atom stereocenters. The van der Waals surface area contributed by atoms with E-state index in [1.807, 2.05) is 0 Å². The van der Waals surface area contributed by atoms with Gasteiger partial charge in [-0.25, -0.2) is 8.42 Å². The van der Waals surface area contributed by atoms with Gasteiger partial charge >= 0.3 is 5.97 Å². The topological polar surface area (TPSA) is 74.7 Å². The molecule has 0 aromatic rings. The van der Waals surface area contributed by atoms with Crippen LogP contribution >= 0.6 is 0 Å². The Hall–Kier alpha value is -0.620. The van der Waals surface area contributed by atoms with E-state index in [1.165, 1.54) is 10.6 Å². The molecule has 1 rings (SSSR count). The largest absolute Gasteiger partial charge is 0.481 e. The van der Waals surface area contributed by atoms with Gasteiger partial charge < -0.3 is 5.11 Å². The first-order valence-corrected chi connectivity index (χ1v) is 7.44. The third-order valence-corrected chi connectivity index (χ3v) is 4.26. The van der Waals surface area contributed by atoms with Gasteiger partial charge in [-0.05, 0) is 25.7 Å². The first-order valence-electron chi connectivity index (χ1n) is 5.60. The molecule has 0 aromatic heterocycles. The van der Waals surface area contributed by atoms with Crippen molar-refractivity contribution in [3.05, 3.63) is 0 Å². The van der Waals surface area contributed by atoms with Crippen LogP contribution in [0.3, 0.4) is 0 Å². The summed E-state index contributed by atoms with van der Waals surface area (Å²) in [5.41, 5.74) is 0. The molecule has 1 N–H and O–H groups in total. The standard InChI is InChI=1S/C10H19NO4S/c1-16(14,15)11-8-3-2-5-9(11)6-4-7-10(12)13/h9H,2-8H2,1H3,(H,12,13). The van der Waals surface area contributed by atoms with Crippen LogP contribution in [0.25, 0.3) is 0 Å². The van der Waals surface area contributed by atoms with Crippen molar-refractivity contribution in [1.82, 2.24) is 4.31 Å². The number of carbonyl (C=O) groups is 1. The van der Waals surface area contributed by atoms with Crippen LogP contribution in [0.5, 0.6) is 0 Å². The zero-order valence-electron chi connectivity index (χ0n) is 9.55. The fourth-order valence-corrected chi connectivity index (χ4v) is 3.40.